The molecule has 3 aliphatic rings. The molecule has 3 aliphatic heterocycles. The van der Waals surface area contributed by atoms with E-state index in [0.717, 1.165) is 11.5 Å². The Morgan fingerprint density at radius 2 is 2.00 bits per heavy atom. The highest BCUT2D eigenvalue weighted by molar-refractivity contribution is 5.91. The highest BCUT2D eigenvalue weighted by atomic mass is 19.1. The molecule has 0 spiro atoms. The number of hydrogen-bond acceptors (Lipinski definition) is 8. The van der Waals surface area contributed by atoms with Crippen LogP contribution in [0.5, 0.6) is 0 Å². The van der Waals surface area contributed by atoms with E-state index in [1.54, 1.807) is 38.7 Å². The van der Waals surface area contributed by atoms with E-state index in [1.807, 2.05) is 0 Å². The van der Waals surface area contributed by atoms with Crippen molar-refractivity contribution in [3.8, 4) is 0 Å². The van der Waals surface area contributed by atoms with Gasteiger partial charge < -0.3 is 19.3 Å². The second-order valence-corrected chi connectivity index (χ2v) is 9.56. The van der Waals surface area contributed by atoms with Crippen LogP contribution >= 0.6 is 0 Å². The Morgan fingerprint density at radius 3 is 2.66 bits per heavy atom. The summed E-state index contributed by atoms with van der Waals surface area (Å²) in [6, 6.07) is -2.69. The first kappa shape index (κ1) is 26.7. The molecular weight excluding hydrogens is 467 g/mol. The Labute approximate surface area is 203 Å². The molecule has 0 radical (unpaired) electrons. The third-order valence-corrected chi connectivity index (χ3v) is 5.70. The molecule has 0 aromatic rings. The van der Waals surface area contributed by atoms with E-state index in [2.05, 4.69) is 10.2 Å². The van der Waals surface area contributed by atoms with Gasteiger partial charge in [-0.2, -0.15) is 5.06 Å². The fraction of sp³-hybridized carbons (Fsp3) is 0.727. The summed E-state index contributed by atoms with van der Waals surface area (Å²) in [6.07, 6.45) is 0.171. The molecule has 0 saturated carbocycles. The number of amides is 4. The number of carbonyl (C=O) groups excluding carboxylic acids is 4. The van der Waals surface area contributed by atoms with Crippen LogP contribution in [0.2, 0.25) is 0 Å². The van der Waals surface area contributed by atoms with Crippen LogP contribution < -0.4 is 5.48 Å². The predicted octanol–water partition coefficient (Wildman–Crippen LogP) is 1.66. The average molecular weight is 501 g/mol. The van der Waals surface area contributed by atoms with Crippen LogP contribution in [0.15, 0.2) is 11.6 Å². The van der Waals surface area contributed by atoms with Gasteiger partial charge in [0.1, 0.15) is 11.6 Å². The maximum Gasteiger partial charge on any atom is 0.410 e. The van der Waals surface area contributed by atoms with Crippen molar-refractivity contribution in [2.45, 2.75) is 77.5 Å². The zero-order valence-electron chi connectivity index (χ0n) is 20.6. The first-order valence-corrected chi connectivity index (χ1v) is 11.6. The minimum Gasteiger partial charge on any atom is -0.462 e. The molecular formula is C22H33FN4O8. The van der Waals surface area contributed by atoms with Crippen LogP contribution in [-0.4, -0.2) is 95.3 Å². The molecule has 1 unspecified atom stereocenters. The van der Waals surface area contributed by atoms with Gasteiger partial charge in [-0.25, -0.2) is 29.1 Å². The van der Waals surface area contributed by atoms with Gasteiger partial charge in [-0.3, -0.25) is 9.63 Å². The van der Waals surface area contributed by atoms with Gasteiger partial charge in [-0.15, -0.1) is 0 Å². The molecule has 2 fully saturated rings. The minimum atomic E-state index is -2.47. The second kappa shape index (κ2) is 10.8. The van der Waals surface area contributed by atoms with Gasteiger partial charge in [-0.1, -0.05) is 6.08 Å². The van der Waals surface area contributed by atoms with Crippen LogP contribution in [0, 0.1) is 0 Å². The van der Waals surface area contributed by atoms with Gasteiger partial charge in [0, 0.05) is 6.54 Å². The smallest absolute Gasteiger partial charge is 0.410 e. The SMILES string of the molecule is CCOC(=O)[C@H](F)ON1C(=O)N2CC1C=C(C)[C@H]2C(=O)NOC[C@@H]1CCCN1C(=O)OC(C)(C)C. The van der Waals surface area contributed by atoms with Crippen LogP contribution in [0.4, 0.5) is 14.0 Å². The first-order chi connectivity index (χ1) is 16.4. The quantitative estimate of drug-likeness (QED) is 0.303. The maximum absolute atomic E-state index is 14.0. The van der Waals surface area contributed by atoms with Gasteiger partial charge in [0.25, 0.3) is 5.91 Å². The van der Waals surface area contributed by atoms with Crippen molar-refractivity contribution in [3.05, 3.63) is 11.6 Å². The number of likely N-dealkylation sites (tertiary alicyclic amines) is 1. The predicted molar refractivity (Wildman–Crippen MR) is 118 cm³/mol. The standard InChI is InChI=1S/C22H33FN4O8/c1-6-32-19(29)17(23)35-27-15-10-13(2)16(26(11-15)20(27)30)18(28)24-33-12-14-8-7-9-25(14)21(31)34-22(3,4)5/h10,14-17H,6-9,11-12H2,1-5H3,(H,24,28)/t14-,15?,16-,17+/m0/s1. The summed E-state index contributed by atoms with van der Waals surface area (Å²) in [5.41, 5.74) is 2.26. The molecule has 0 aromatic carbocycles. The third kappa shape index (κ3) is 6.20. The normalized spacial score (nSPS) is 24.9. The number of urea groups is 1. The van der Waals surface area contributed by atoms with E-state index in [1.165, 1.54) is 11.8 Å². The van der Waals surface area contributed by atoms with Crippen LogP contribution in [-0.2, 0) is 28.7 Å². The number of hydroxylamine groups is 3. The summed E-state index contributed by atoms with van der Waals surface area (Å²) in [7, 11) is 0. The lowest BCUT2D eigenvalue weighted by Gasteiger charge is -2.30. The number of fused-ring (bicyclic) bond motifs is 2. The van der Waals surface area contributed by atoms with Crippen LogP contribution in [0.1, 0.15) is 47.5 Å². The van der Waals surface area contributed by atoms with Crippen molar-refractivity contribution < 1.29 is 42.7 Å². The van der Waals surface area contributed by atoms with Crippen molar-refractivity contribution >= 4 is 24.0 Å². The Morgan fingerprint density at radius 1 is 1.29 bits per heavy atom. The summed E-state index contributed by atoms with van der Waals surface area (Å²) in [6.45, 7) is 9.14. The van der Waals surface area contributed by atoms with E-state index in [0.29, 0.717) is 18.5 Å². The fourth-order valence-corrected chi connectivity index (χ4v) is 4.26. The number of nitrogens with one attached hydrogen (secondary N) is 1. The van der Waals surface area contributed by atoms with Crippen LogP contribution in [0.3, 0.4) is 0 Å². The highest BCUT2D eigenvalue weighted by Gasteiger charge is 2.49. The van der Waals surface area contributed by atoms with Crippen molar-refractivity contribution in [1.82, 2.24) is 20.3 Å². The number of hydrogen-bond donors (Lipinski definition) is 1. The largest absolute Gasteiger partial charge is 0.462 e. The number of ether oxygens (including phenoxy) is 2. The number of halogens is 1. The minimum absolute atomic E-state index is 0.0379. The van der Waals surface area contributed by atoms with E-state index in [-0.39, 0.29) is 25.8 Å². The molecule has 0 aromatic heterocycles. The Balaban J connectivity index is 1.55. The van der Waals surface area contributed by atoms with Gasteiger partial charge in [0.15, 0.2) is 0 Å². The molecule has 12 nitrogen and oxygen atoms in total. The molecule has 1 N–H and O–H groups in total. The zero-order chi connectivity index (χ0) is 25.9. The van der Waals surface area contributed by atoms with E-state index < -0.39 is 48.0 Å². The van der Waals surface area contributed by atoms with Crippen molar-refractivity contribution in [2.75, 3.05) is 26.3 Å². The fourth-order valence-electron chi connectivity index (χ4n) is 4.26. The molecule has 3 heterocycles. The molecule has 4 atom stereocenters. The van der Waals surface area contributed by atoms with Crippen molar-refractivity contribution in [2.24, 2.45) is 0 Å². The molecule has 35 heavy (non-hydrogen) atoms. The number of alkyl halides is 1. The summed E-state index contributed by atoms with van der Waals surface area (Å²) < 4.78 is 24.0. The molecule has 2 saturated heterocycles. The summed E-state index contributed by atoms with van der Waals surface area (Å²) >= 11 is 0. The van der Waals surface area contributed by atoms with Gasteiger partial charge in [0.05, 0.1) is 31.8 Å². The number of esters is 1. The van der Waals surface area contributed by atoms with Gasteiger partial charge in [-0.05, 0) is 53.0 Å². The molecule has 196 valence electrons. The summed E-state index contributed by atoms with van der Waals surface area (Å²) in [4.78, 5) is 62.6. The first-order valence-electron chi connectivity index (χ1n) is 11.6. The molecule has 4 amide bonds. The van der Waals surface area contributed by atoms with E-state index >= 15 is 0 Å². The van der Waals surface area contributed by atoms with Crippen molar-refractivity contribution in [1.29, 1.82) is 0 Å². The van der Waals surface area contributed by atoms with E-state index in [4.69, 9.17) is 14.4 Å². The number of nitrogens with zero attached hydrogens (tertiary/aromatic N) is 3. The lowest BCUT2D eigenvalue weighted by molar-refractivity contribution is -0.223. The molecule has 13 heteroatoms. The van der Waals surface area contributed by atoms with Gasteiger partial charge >= 0.3 is 24.5 Å². The van der Waals surface area contributed by atoms with E-state index in [9.17, 15) is 23.6 Å². The molecule has 2 bridgehead atoms. The zero-order valence-corrected chi connectivity index (χ0v) is 20.6. The third-order valence-electron chi connectivity index (χ3n) is 5.70. The Bertz CT molecular complexity index is 876. The lowest BCUT2D eigenvalue weighted by Crippen LogP contribution is -2.51. The molecule has 3 rings (SSSR count). The Hall–Kier alpha value is -2.93. The number of rotatable bonds is 8. The van der Waals surface area contributed by atoms with Gasteiger partial charge in [0.2, 0.25) is 0 Å². The lowest BCUT2D eigenvalue weighted by atomic mass is 10.0. The van der Waals surface area contributed by atoms with Crippen molar-refractivity contribution in [3.63, 3.8) is 0 Å². The second-order valence-electron chi connectivity index (χ2n) is 9.56. The summed E-state index contributed by atoms with van der Waals surface area (Å²) in [5.74, 6) is -1.84. The van der Waals surface area contributed by atoms with Crippen LogP contribution in [0.25, 0.3) is 0 Å². The monoisotopic (exact) mass is 500 g/mol. The highest BCUT2D eigenvalue weighted by Crippen LogP contribution is 2.30. The summed E-state index contributed by atoms with van der Waals surface area (Å²) in [5, 5.41) is 0.733. The Kier molecular flexibility index (Phi) is 8.21. The average Bonchev–Trinajstić information content (AvgIpc) is 3.32. The molecule has 0 aliphatic carbocycles. The topological polar surface area (TPSA) is 127 Å². The maximum atomic E-state index is 14.0. The number of carbonyl (C=O) groups is 4.